The molecule has 10 nitrogen and oxygen atoms in total. The van der Waals surface area contributed by atoms with Crippen molar-refractivity contribution in [3.63, 3.8) is 0 Å². The van der Waals surface area contributed by atoms with E-state index in [1.165, 1.54) is 9.99 Å². The Labute approximate surface area is 188 Å². The number of ether oxygens (including phenoxy) is 2. The minimum absolute atomic E-state index is 0.0545. The normalized spacial score (nSPS) is 21.3. The molecule has 1 aromatic carbocycles. The third-order valence-corrected chi connectivity index (χ3v) is 7.64. The van der Waals surface area contributed by atoms with Gasteiger partial charge in [-0.05, 0) is 24.3 Å². The molecule has 0 saturated carbocycles. The van der Waals surface area contributed by atoms with E-state index in [9.17, 15) is 8.42 Å². The lowest BCUT2D eigenvalue weighted by Gasteiger charge is -2.29. The molecule has 0 spiro atoms. The number of sulfonamides is 1. The molecule has 0 unspecified atom stereocenters. The number of rotatable bonds is 6. The van der Waals surface area contributed by atoms with Crippen LogP contribution in [0.15, 0.2) is 36.7 Å². The average molecular weight is 467 g/mol. The molecule has 32 heavy (non-hydrogen) atoms. The first-order chi connectivity index (χ1) is 15.4. The van der Waals surface area contributed by atoms with Crippen molar-refractivity contribution >= 4 is 22.2 Å². The fraction of sp³-hybridized carbons (Fsp3) is 0.524. The largest absolute Gasteiger partial charge is 0.483 e. The van der Waals surface area contributed by atoms with Crippen LogP contribution in [-0.4, -0.2) is 93.2 Å². The number of hydrogen-bond acceptors (Lipinski definition) is 7. The number of morpholine rings is 1. The van der Waals surface area contributed by atoms with Crippen molar-refractivity contribution in [2.24, 2.45) is 5.92 Å². The van der Waals surface area contributed by atoms with Gasteiger partial charge < -0.3 is 24.0 Å². The van der Waals surface area contributed by atoms with E-state index < -0.39 is 10.0 Å². The molecule has 2 aromatic rings. The molecule has 2 saturated heterocycles. The average Bonchev–Trinajstić information content (AvgIpc) is 3.44. The maximum atomic E-state index is 12.4. The van der Waals surface area contributed by atoms with Gasteiger partial charge in [-0.15, -0.1) is 0 Å². The van der Waals surface area contributed by atoms with Gasteiger partial charge in [-0.3, -0.25) is 4.79 Å². The minimum Gasteiger partial charge on any atom is -0.483 e. The maximum absolute atomic E-state index is 12.4. The minimum atomic E-state index is -3.30. The zero-order valence-corrected chi connectivity index (χ0v) is 19.1. The van der Waals surface area contributed by atoms with E-state index in [0.29, 0.717) is 13.2 Å². The van der Waals surface area contributed by atoms with Gasteiger partial charge in [0.05, 0.1) is 38.2 Å². The summed E-state index contributed by atoms with van der Waals surface area (Å²) in [5.41, 5.74) is 2.18. The third kappa shape index (κ3) is 5.66. The van der Waals surface area contributed by atoms with E-state index in [0.717, 1.165) is 37.7 Å². The number of carbonyl (C=O) groups is 1. The van der Waals surface area contributed by atoms with Gasteiger partial charge in [0.15, 0.2) is 0 Å². The van der Waals surface area contributed by atoms with Crippen LogP contribution in [0.1, 0.15) is 6.04 Å². The smallest absolute Gasteiger partial charge is 0.290 e. The predicted octanol–water partition coefficient (Wildman–Crippen LogP) is 1.17. The summed E-state index contributed by atoms with van der Waals surface area (Å²) in [6, 6.07) is 8.31. The van der Waals surface area contributed by atoms with Gasteiger partial charge >= 0.3 is 0 Å². The molecule has 3 heterocycles. The summed E-state index contributed by atoms with van der Waals surface area (Å²) in [7, 11) is -0.161. The molecule has 2 fully saturated rings. The number of nitrogens with zero attached hydrogens (tertiary/aromatic N) is 4. The number of hydrogen-bond donors (Lipinski definition) is 1. The summed E-state index contributed by atoms with van der Waals surface area (Å²) in [4.78, 5) is 15.2. The third-order valence-electron chi connectivity index (χ3n) is 5.67. The van der Waals surface area contributed by atoms with Crippen LogP contribution < -0.4 is 4.90 Å². The lowest BCUT2D eigenvalue weighted by molar-refractivity contribution is -0.122. The van der Waals surface area contributed by atoms with Crippen LogP contribution in [0, 0.1) is 5.92 Å². The number of anilines is 1. The van der Waals surface area contributed by atoms with Gasteiger partial charge in [0.25, 0.3) is 6.47 Å². The van der Waals surface area contributed by atoms with E-state index in [4.69, 9.17) is 19.4 Å². The van der Waals surface area contributed by atoms with Crippen molar-refractivity contribution in [3.05, 3.63) is 36.7 Å². The lowest BCUT2D eigenvalue weighted by atomic mass is 10.1. The Bertz CT molecular complexity index is 970. The second-order valence-electron chi connectivity index (χ2n) is 7.84. The summed E-state index contributed by atoms with van der Waals surface area (Å²) in [6.45, 7) is 3.98. The highest BCUT2D eigenvalue weighted by molar-refractivity contribution is 7.89. The number of carboxylic acid groups (broad SMARTS) is 1. The molecule has 11 heteroatoms. The van der Waals surface area contributed by atoms with Gasteiger partial charge in [-0.1, -0.05) is 0 Å². The summed E-state index contributed by atoms with van der Waals surface area (Å²) in [6.07, 6.45) is 3.68. The molecule has 1 N–H and O–H groups in total. The Hall–Kier alpha value is -2.47. The molecular formula is C21H30N4O6S. The topological polar surface area (TPSA) is 114 Å². The molecule has 0 aliphatic carbocycles. The van der Waals surface area contributed by atoms with E-state index in [-0.39, 0.29) is 24.2 Å². The monoisotopic (exact) mass is 466 g/mol. The highest BCUT2D eigenvalue weighted by Crippen LogP contribution is 2.32. The molecule has 0 amide bonds. The van der Waals surface area contributed by atoms with Gasteiger partial charge in [-0.25, -0.2) is 17.7 Å². The summed E-state index contributed by atoms with van der Waals surface area (Å²) in [5, 5.41) is 6.89. The van der Waals surface area contributed by atoms with Crippen molar-refractivity contribution in [3.8, 4) is 11.4 Å². The summed E-state index contributed by atoms with van der Waals surface area (Å²) < 4.78 is 39.2. The number of benzene rings is 1. The van der Waals surface area contributed by atoms with Gasteiger partial charge in [-0.2, -0.15) is 0 Å². The molecule has 2 aliphatic rings. The summed E-state index contributed by atoms with van der Waals surface area (Å²) in [5.74, 6) is 0.794. The predicted molar refractivity (Wildman–Crippen MR) is 120 cm³/mol. The van der Waals surface area contributed by atoms with Crippen LogP contribution in [0.2, 0.25) is 0 Å². The van der Waals surface area contributed by atoms with Gasteiger partial charge in [0, 0.05) is 56.7 Å². The fourth-order valence-corrected chi connectivity index (χ4v) is 5.08. The number of imidazole rings is 1. The van der Waals surface area contributed by atoms with Crippen molar-refractivity contribution in [1.82, 2.24) is 13.9 Å². The Balaban J connectivity index is 0.000000913. The number of aromatic nitrogens is 2. The molecule has 2 aliphatic heterocycles. The highest BCUT2D eigenvalue weighted by Gasteiger charge is 2.35. The molecule has 2 atom stereocenters. The van der Waals surface area contributed by atoms with Crippen molar-refractivity contribution in [1.29, 1.82) is 0 Å². The van der Waals surface area contributed by atoms with Crippen molar-refractivity contribution in [2.45, 2.75) is 6.04 Å². The standard InChI is InChI=1S/C20H28N4O4S.CH2O2/c1-22(2)29(25,26)15-17-13-28-14-19(17)24-8-7-21-20(24)16-3-5-18(6-4-16)23-9-11-27-12-10-23;2-1-3/h3-8,17,19H,9-15H2,1-2H3;1H,(H,2,3)/t17-,19+;/m0./s1. The maximum Gasteiger partial charge on any atom is 0.290 e. The zero-order valence-electron chi connectivity index (χ0n) is 18.3. The molecule has 0 bridgehead atoms. The first-order valence-electron chi connectivity index (χ1n) is 10.4. The first-order valence-corrected chi connectivity index (χ1v) is 12.0. The second-order valence-corrected chi connectivity index (χ2v) is 10.1. The molecule has 1 aromatic heterocycles. The van der Waals surface area contributed by atoms with Gasteiger partial charge in [0.1, 0.15) is 5.82 Å². The van der Waals surface area contributed by atoms with Crippen LogP contribution in [0.25, 0.3) is 11.4 Å². The van der Waals surface area contributed by atoms with E-state index in [2.05, 4.69) is 38.7 Å². The van der Waals surface area contributed by atoms with Crippen LogP contribution in [0.5, 0.6) is 0 Å². The Morgan fingerprint density at radius 2 is 1.81 bits per heavy atom. The van der Waals surface area contributed by atoms with Crippen molar-refractivity contribution < 1.29 is 27.8 Å². The van der Waals surface area contributed by atoms with E-state index in [1.807, 2.05) is 6.20 Å². The zero-order chi connectivity index (χ0) is 23.1. The highest BCUT2D eigenvalue weighted by atomic mass is 32.2. The molecule has 4 rings (SSSR count). The van der Waals surface area contributed by atoms with Crippen LogP contribution in [0.3, 0.4) is 0 Å². The van der Waals surface area contributed by atoms with Crippen LogP contribution in [0.4, 0.5) is 5.69 Å². The van der Waals surface area contributed by atoms with Gasteiger partial charge in [0.2, 0.25) is 10.0 Å². The van der Waals surface area contributed by atoms with E-state index in [1.54, 1.807) is 20.3 Å². The molecule has 0 radical (unpaired) electrons. The fourth-order valence-electron chi connectivity index (χ4n) is 3.92. The lowest BCUT2D eigenvalue weighted by Crippen LogP contribution is -2.36. The first kappa shape index (κ1) is 24.2. The van der Waals surface area contributed by atoms with Crippen LogP contribution in [-0.2, 0) is 24.3 Å². The quantitative estimate of drug-likeness (QED) is 0.631. The second kappa shape index (κ2) is 10.9. The van der Waals surface area contributed by atoms with Crippen molar-refractivity contribution in [2.75, 3.05) is 64.3 Å². The SMILES string of the molecule is CN(C)S(=O)(=O)C[C@@H]1COC[C@H]1n1ccnc1-c1ccc(N2CCOCC2)cc1.O=CO. The Morgan fingerprint density at radius 3 is 2.44 bits per heavy atom. The molecular weight excluding hydrogens is 436 g/mol. The Kier molecular flexibility index (Phi) is 8.24. The van der Waals surface area contributed by atoms with Crippen LogP contribution >= 0.6 is 0 Å². The summed E-state index contributed by atoms with van der Waals surface area (Å²) >= 11 is 0. The molecule has 176 valence electrons. The Morgan fingerprint density at radius 1 is 1.16 bits per heavy atom. The van der Waals surface area contributed by atoms with E-state index >= 15 is 0 Å².